The number of benzene rings is 2. The molecule has 2 aromatic carbocycles. The quantitative estimate of drug-likeness (QED) is 0.417. The van der Waals surface area contributed by atoms with Gasteiger partial charge in [0.1, 0.15) is 5.82 Å². The molecule has 1 aliphatic heterocycles. The van der Waals surface area contributed by atoms with Crippen LogP contribution >= 0.6 is 0 Å². The summed E-state index contributed by atoms with van der Waals surface area (Å²) in [6, 6.07) is 17.7. The van der Waals surface area contributed by atoms with Crippen LogP contribution in [0.2, 0.25) is 0 Å². The van der Waals surface area contributed by atoms with Gasteiger partial charge in [0.25, 0.3) is 5.69 Å². The van der Waals surface area contributed by atoms with Crippen LogP contribution in [-0.4, -0.2) is 10.8 Å². The lowest BCUT2D eigenvalue weighted by Gasteiger charge is -2.28. The molecule has 7 nitrogen and oxygen atoms in total. The van der Waals surface area contributed by atoms with Crippen LogP contribution in [0.4, 0.5) is 17.1 Å². The van der Waals surface area contributed by atoms with Gasteiger partial charge in [0.05, 0.1) is 22.3 Å². The van der Waals surface area contributed by atoms with E-state index in [0.29, 0.717) is 35.6 Å². The average Bonchev–Trinajstić information content (AvgIpc) is 2.83. The highest BCUT2D eigenvalue weighted by atomic mass is 16.6. The maximum absolute atomic E-state index is 13.4. The second-order valence-corrected chi connectivity index (χ2v) is 8.26. The maximum Gasteiger partial charge on any atom is 0.269 e. The zero-order chi connectivity index (χ0) is 23.5. The van der Waals surface area contributed by atoms with E-state index in [4.69, 9.17) is 0 Å². The number of nitriles is 1. The molecule has 0 radical (unpaired) electrons. The summed E-state index contributed by atoms with van der Waals surface area (Å²) >= 11 is 0. The molecule has 0 unspecified atom stereocenters. The molecule has 1 aliphatic rings. The van der Waals surface area contributed by atoms with Crippen LogP contribution in [0.25, 0.3) is 0 Å². The lowest BCUT2D eigenvalue weighted by atomic mass is 10.0. The topological polar surface area (TPSA) is 99.3 Å². The van der Waals surface area contributed by atoms with E-state index in [9.17, 15) is 20.2 Å². The van der Waals surface area contributed by atoms with Gasteiger partial charge in [-0.25, -0.2) is 0 Å². The van der Waals surface area contributed by atoms with Crippen LogP contribution in [0.5, 0.6) is 0 Å². The fourth-order valence-corrected chi connectivity index (χ4v) is 4.02. The Balaban J connectivity index is 2.04. The number of allylic oxidation sites excluding steroid dienone is 1. The highest BCUT2D eigenvalue weighted by Gasteiger charge is 2.24. The predicted molar refractivity (Wildman–Crippen MR) is 129 cm³/mol. The fourth-order valence-electron chi connectivity index (χ4n) is 4.02. The van der Waals surface area contributed by atoms with Crippen LogP contribution in [0.3, 0.4) is 0 Å². The molecule has 172 valence electrons. The Morgan fingerprint density at radius 3 is 2.00 bits per heavy atom. The number of hydrogen-bond donors (Lipinski definition) is 1. The van der Waals surface area contributed by atoms with Gasteiger partial charge in [-0.15, -0.1) is 0 Å². The van der Waals surface area contributed by atoms with Gasteiger partial charge in [0.15, 0.2) is 0 Å². The van der Waals surface area contributed by atoms with E-state index in [1.54, 1.807) is 17.0 Å². The van der Waals surface area contributed by atoms with E-state index in [-0.39, 0.29) is 11.6 Å². The van der Waals surface area contributed by atoms with Gasteiger partial charge >= 0.3 is 0 Å². The van der Waals surface area contributed by atoms with Crippen molar-refractivity contribution in [2.45, 2.75) is 64.2 Å². The second kappa shape index (κ2) is 12.4. The smallest absolute Gasteiger partial charge is 0.269 e. The molecule has 0 aliphatic carbocycles. The zero-order valence-electron chi connectivity index (χ0n) is 18.8. The number of carbonyl (C=O) groups excluding carboxylic acids is 1. The van der Waals surface area contributed by atoms with E-state index in [1.165, 1.54) is 25.0 Å². The molecule has 0 aromatic heterocycles. The molecule has 0 saturated heterocycles. The molecule has 0 spiro atoms. The third-order valence-electron chi connectivity index (χ3n) is 5.82. The summed E-state index contributed by atoms with van der Waals surface area (Å²) in [5.74, 6) is 0.357. The standard InChI is InChI=1S/C26H30N4O3/c27-20-21-12-8-5-3-1-2-4-6-11-15-25(31)29(23-13-9-7-10-14-23)26(21)28-22-16-18-24(19-17-22)30(32)33/h7,9-10,13-14,16-19,28H,1-6,8,11-12,15H2/b26-21+. The van der Waals surface area contributed by atoms with Crippen molar-refractivity contribution >= 4 is 23.0 Å². The Hall–Kier alpha value is -3.66. The Morgan fingerprint density at radius 1 is 0.848 bits per heavy atom. The minimum Gasteiger partial charge on any atom is -0.340 e. The Labute approximate surface area is 194 Å². The number of nitrogens with one attached hydrogen (secondary N) is 1. The van der Waals surface area contributed by atoms with Crippen molar-refractivity contribution in [1.82, 2.24) is 0 Å². The van der Waals surface area contributed by atoms with Gasteiger partial charge in [0.2, 0.25) is 5.91 Å². The third kappa shape index (κ3) is 6.91. The summed E-state index contributed by atoms with van der Waals surface area (Å²) in [4.78, 5) is 25.6. The van der Waals surface area contributed by atoms with Crippen LogP contribution in [0, 0.1) is 21.4 Å². The van der Waals surface area contributed by atoms with Crippen molar-refractivity contribution in [3.8, 4) is 6.07 Å². The molecule has 0 atom stereocenters. The first kappa shape index (κ1) is 24.0. The van der Waals surface area contributed by atoms with E-state index in [1.807, 2.05) is 30.3 Å². The molecule has 1 N–H and O–H groups in total. The van der Waals surface area contributed by atoms with Crippen molar-refractivity contribution in [3.63, 3.8) is 0 Å². The van der Waals surface area contributed by atoms with Crippen LogP contribution < -0.4 is 10.2 Å². The van der Waals surface area contributed by atoms with Gasteiger partial charge in [-0.05, 0) is 43.5 Å². The van der Waals surface area contributed by atoms with Crippen molar-refractivity contribution in [2.75, 3.05) is 10.2 Å². The van der Waals surface area contributed by atoms with Crippen LogP contribution in [0.1, 0.15) is 64.2 Å². The molecule has 33 heavy (non-hydrogen) atoms. The number of para-hydroxylation sites is 1. The van der Waals surface area contributed by atoms with Crippen molar-refractivity contribution in [2.24, 2.45) is 0 Å². The Morgan fingerprint density at radius 2 is 1.42 bits per heavy atom. The molecule has 0 saturated carbocycles. The largest absolute Gasteiger partial charge is 0.340 e. The molecule has 1 heterocycles. The highest BCUT2D eigenvalue weighted by Crippen LogP contribution is 2.28. The van der Waals surface area contributed by atoms with Crippen molar-refractivity contribution in [1.29, 1.82) is 5.26 Å². The Kier molecular flexibility index (Phi) is 9.01. The highest BCUT2D eigenvalue weighted by molar-refractivity contribution is 5.97. The summed E-state index contributed by atoms with van der Waals surface area (Å²) in [6.07, 6.45) is 9.30. The number of nitro groups is 1. The predicted octanol–water partition coefficient (Wildman–Crippen LogP) is 6.69. The normalized spacial score (nSPS) is 18.8. The molecule has 2 aromatic rings. The number of nitro benzene ring substituents is 1. The van der Waals surface area contributed by atoms with Gasteiger partial charge in [-0.1, -0.05) is 56.7 Å². The van der Waals surface area contributed by atoms with Gasteiger partial charge in [0, 0.05) is 24.2 Å². The first-order chi connectivity index (χ1) is 16.1. The lowest BCUT2D eigenvalue weighted by molar-refractivity contribution is -0.384. The van der Waals surface area contributed by atoms with E-state index >= 15 is 0 Å². The van der Waals surface area contributed by atoms with E-state index in [0.717, 1.165) is 38.5 Å². The first-order valence-electron chi connectivity index (χ1n) is 11.6. The van der Waals surface area contributed by atoms with Gasteiger partial charge in [-0.2, -0.15) is 5.26 Å². The summed E-state index contributed by atoms with van der Waals surface area (Å²) in [5, 5.41) is 24.3. The van der Waals surface area contributed by atoms with Gasteiger partial charge in [-0.3, -0.25) is 19.8 Å². The van der Waals surface area contributed by atoms with Crippen LogP contribution in [0.15, 0.2) is 66.0 Å². The van der Waals surface area contributed by atoms with E-state index in [2.05, 4.69) is 11.4 Å². The fraction of sp³-hybridized carbons (Fsp3) is 0.385. The number of rotatable bonds is 4. The average molecular weight is 447 g/mol. The zero-order valence-corrected chi connectivity index (χ0v) is 18.8. The minimum atomic E-state index is -0.453. The minimum absolute atomic E-state index is 0.0166. The maximum atomic E-state index is 13.4. The number of anilines is 2. The Bertz CT molecular complexity index is 1010. The molecule has 0 fully saturated rings. The lowest BCUT2D eigenvalue weighted by Crippen LogP contribution is -2.34. The number of carbonyl (C=O) groups is 1. The molecule has 7 heteroatoms. The summed E-state index contributed by atoms with van der Waals surface area (Å²) in [6.45, 7) is 0. The van der Waals surface area contributed by atoms with Gasteiger partial charge < -0.3 is 5.32 Å². The second-order valence-electron chi connectivity index (χ2n) is 8.26. The molecular formula is C26H30N4O3. The summed E-state index contributed by atoms with van der Waals surface area (Å²) in [5.41, 5.74) is 1.75. The molecule has 1 amide bonds. The number of nitrogens with zero attached hydrogens (tertiary/aromatic N) is 3. The summed E-state index contributed by atoms with van der Waals surface area (Å²) < 4.78 is 0. The number of hydrogen-bond acceptors (Lipinski definition) is 5. The monoisotopic (exact) mass is 446 g/mol. The van der Waals surface area contributed by atoms with Crippen LogP contribution in [-0.2, 0) is 4.79 Å². The first-order valence-corrected chi connectivity index (χ1v) is 11.6. The molecule has 0 bridgehead atoms. The van der Waals surface area contributed by atoms with Crippen molar-refractivity contribution in [3.05, 3.63) is 76.1 Å². The SMILES string of the molecule is N#C/C1=C(\Nc2ccc([N+](=O)[O-])cc2)N(c2ccccc2)C(=O)CCCCCCCCCC1. The molecular weight excluding hydrogens is 416 g/mol. The summed E-state index contributed by atoms with van der Waals surface area (Å²) in [7, 11) is 0. The molecule has 3 rings (SSSR count). The third-order valence-corrected chi connectivity index (χ3v) is 5.82. The number of non-ortho nitro benzene ring substituents is 1. The van der Waals surface area contributed by atoms with E-state index < -0.39 is 4.92 Å². The van der Waals surface area contributed by atoms with Crippen molar-refractivity contribution < 1.29 is 9.72 Å². The number of amides is 1.